The summed E-state index contributed by atoms with van der Waals surface area (Å²) in [6.45, 7) is 7.10. The Morgan fingerprint density at radius 3 is 2.67 bits per heavy atom. The van der Waals surface area contributed by atoms with Crippen molar-refractivity contribution in [1.29, 1.82) is 0 Å². The molecule has 0 fully saturated rings. The van der Waals surface area contributed by atoms with Gasteiger partial charge in [0, 0.05) is 13.2 Å². The highest BCUT2D eigenvalue weighted by molar-refractivity contribution is 6.32. The first-order valence-electron chi connectivity index (χ1n) is 7.35. The molecule has 0 aliphatic carbocycles. The number of halogens is 1. The Labute approximate surface area is 131 Å². The Morgan fingerprint density at radius 2 is 2.05 bits per heavy atom. The van der Waals surface area contributed by atoms with Gasteiger partial charge in [-0.25, -0.2) is 0 Å². The van der Waals surface area contributed by atoms with E-state index in [9.17, 15) is 4.79 Å². The topological polar surface area (TPSA) is 47.6 Å². The van der Waals surface area contributed by atoms with Crippen molar-refractivity contribution >= 4 is 17.5 Å². The van der Waals surface area contributed by atoms with Crippen molar-refractivity contribution in [1.82, 2.24) is 5.32 Å². The van der Waals surface area contributed by atoms with Crippen LogP contribution in [0.4, 0.5) is 0 Å². The Kier molecular flexibility index (Phi) is 8.16. The quantitative estimate of drug-likeness (QED) is 0.711. The fourth-order valence-corrected chi connectivity index (χ4v) is 1.91. The summed E-state index contributed by atoms with van der Waals surface area (Å²) in [5.74, 6) is 0.409. The number of rotatable bonds is 9. The lowest BCUT2D eigenvalue weighted by atomic mass is 10.2. The number of carbonyl (C=O) groups is 1. The van der Waals surface area contributed by atoms with Gasteiger partial charge in [0.15, 0.2) is 6.10 Å². The van der Waals surface area contributed by atoms with Gasteiger partial charge in [0.05, 0.1) is 11.1 Å². The molecule has 5 heteroatoms. The van der Waals surface area contributed by atoms with E-state index in [0.717, 1.165) is 6.42 Å². The molecule has 0 saturated heterocycles. The molecule has 1 amide bonds. The van der Waals surface area contributed by atoms with E-state index in [-0.39, 0.29) is 12.0 Å². The third-order valence-electron chi connectivity index (χ3n) is 2.84. The number of hydrogen-bond acceptors (Lipinski definition) is 3. The summed E-state index contributed by atoms with van der Waals surface area (Å²) in [5.41, 5.74) is 0. The lowest BCUT2D eigenvalue weighted by Gasteiger charge is -2.18. The second kappa shape index (κ2) is 9.64. The van der Waals surface area contributed by atoms with Crippen molar-refractivity contribution in [2.45, 2.75) is 45.8 Å². The van der Waals surface area contributed by atoms with Crippen LogP contribution in [-0.4, -0.2) is 31.3 Å². The maximum Gasteiger partial charge on any atom is 0.261 e. The van der Waals surface area contributed by atoms with Crippen LogP contribution in [0, 0.1) is 0 Å². The predicted octanol–water partition coefficient (Wildman–Crippen LogP) is 3.43. The van der Waals surface area contributed by atoms with Crippen LogP contribution >= 0.6 is 11.6 Å². The van der Waals surface area contributed by atoms with E-state index in [1.807, 2.05) is 32.9 Å². The van der Waals surface area contributed by atoms with Crippen LogP contribution in [0.5, 0.6) is 5.75 Å². The van der Waals surface area contributed by atoms with Crippen molar-refractivity contribution in [2.24, 2.45) is 0 Å². The number of ether oxygens (including phenoxy) is 2. The second-order valence-electron chi connectivity index (χ2n) is 5.01. The smallest absolute Gasteiger partial charge is 0.261 e. The van der Waals surface area contributed by atoms with Crippen molar-refractivity contribution in [3.63, 3.8) is 0 Å². The van der Waals surface area contributed by atoms with Crippen LogP contribution in [-0.2, 0) is 9.53 Å². The van der Waals surface area contributed by atoms with E-state index in [4.69, 9.17) is 21.1 Å². The van der Waals surface area contributed by atoms with E-state index in [0.29, 0.717) is 30.3 Å². The summed E-state index contributed by atoms with van der Waals surface area (Å²) in [4.78, 5) is 12.1. The van der Waals surface area contributed by atoms with Crippen molar-refractivity contribution in [3.05, 3.63) is 29.3 Å². The van der Waals surface area contributed by atoms with Crippen LogP contribution in [0.1, 0.15) is 33.6 Å². The lowest BCUT2D eigenvalue weighted by Crippen LogP contribution is -2.38. The zero-order chi connectivity index (χ0) is 15.7. The van der Waals surface area contributed by atoms with Crippen molar-refractivity contribution < 1.29 is 14.3 Å². The summed E-state index contributed by atoms with van der Waals surface area (Å²) in [6.07, 6.45) is 1.05. The van der Waals surface area contributed by atoms with Gasteiger partial charge in [0.2, 0.25) is 0 Å². The minimum atomic E-state index is -0.532. The maximum atomic E-state index is 12.1. The molecular weight excluding hydrogens is 290 g/mol. The SMILES string of the molecule is CC[C@@H](Oc1ccccc1Cl)C(=O)NCCCOC(C)C. The van der Waals surface area contributed by atoms with Crippen LogP contribution < -0.4 is 10.1 Å². The fraction of sp³-hybridized carbons (Fsp3) is 0.562. The van der Waals surface area contributed by atoms with Gasteiger partial charge >= 0.3 is 0 Å². The molecule has 0 bridgehead atoms. The molecule has 0 unspecified atom stereocenters. The summed E-state index contributed by atoms with van der Waals surface area (Å²) in [5, 5.41) is 3.37. The Hall–Kier alpha value is -1.26. The summed E-state index contributed by atoms with van der Waals surface area (Å²) >= 11 is 6.03. The molecule has 21 heavy (non-hydrogen) atoms. The van der Waals surface area contributed by atoms with E-state index in [1.165, 1.54) is 0 Å². The number of carbonyl (C=O) groups excluding carboxylic acids is 1. The molecule has 4 nitrogen and oxygen atoms in total. The summed E-state index contributed by atoms with van der Waals surface area (Å²) < 4.78 is 11.1. The maximum absolute atomic E-state index is 12.1. The monoisotopic (exact) mass is 313 g/mol. The van der Waals surface area contributed by atoms with Gasteiger partial charge in [-0.3, -0.25) is 4.79 Å². The van der Waals surface area contributed by atoms with Crippen LogP contribution in [0.25, 0.3) is 0 Å². The Balaban J connectivity index is 2.38. The second-order valence-corrected chi connectivity index (χ2v) is 5.42. The highest BCUT2D eigenvalue weighted by atomic mass is 35.5. The van der Waals surface area contributed by atoms with Crippen molar-refractivity contribution in [2.75, 3.05) is 13.2 Å². The van der Waals surface area contributed by atoms with Crippen molar-refractivity contribution in [3.8, 4) is 5.75 Å². The Bertz CT molecular complexity index is 437. The van der Waals surface area contributed by atoms with Gasteiger partial charge in [-0.1, -0.05) is 30.7 Å². The Morgan fingerprint density at radius 1 is 1.33 bits per heavy atom. The van der Waals surface area contributed by atoms with E-state index < -0.39 is 6.10 Å². The van der Waals surface area contributed by atoms with Gasteiger partial charge in [0.25, 0.3) is 5.91 Å². The zero-order valence-corrected chi connectivity index (χ0v) is 13.7. The molecule has 0 aromatic heterocycles. The number of nitrogens with one attached hydrogen (secondary N) is 1. The highest BCUT2D eigenvalue weighted by Gasteiger charge is 2.18. The van der Waals surface area contributed by atoms with Crippen LogP contribution in [0.15, 0.2) is 24.3 Å². The molecule has 0 radical (unpaired) electrons. The van der Waals surface area contributed by atoms with E-state index in [1.54, 1.807) is 12.1 Å². The third kappa shape index (κ3) is 6.82. The molecule has 0 heterocycles. The number of benzene rings is 1. The largest absolute Gasteiger partial charge is 0.479 e. The normalized spacial score (nSPS) is 12.2. The number of hydrogen-bond donors (Lipinski definition) is 1. The van der Waals surface area contributed by atoms with Gasteiger partial charge in [0.1, 0.15) is 5.75 Å². The molecule has 1 rings (SSSR count). The fourth-order valence-electron chi connectivity index (χ4n) is 1.73. The van der Waals surface area contributed by atoms with E-state index >= 15 is 0 Å². The minimum Gasteiger partial charge on any atom is -0.479 e. The molecule has 118 valence electrons. The summed E-state index contributed by atoms with van der Waals surface area (Å²) in [6, 6.07) is 7.15. The molecule has 1 aromatic carbocycles. The molecule has 1 atom stereocenters. The molecule has 0 spiro atoms. The molecular formula is C16H24ClNO3. The molecule has 0 aliphatic rings. The number of para-hydroxylation sites is 1. The van der Waals surface area contributed by atoms with Crippen LogP contribution in [0.3, 0.4) is 0 Å². The average Bonchev–Trinajstić information content (AvgIpc) is 2.45. The number of amides is 1. The molecule has 1 aromatic rings. The summed E-state index contributed by atoms with van der Waals surface area (Å²) in [7, 11) is 0. The van der Waals surface area contributed by atoms with Gasteiger partial charge < -0.3 is 14.8 Å². The first-order chi connectivity index (χ1) is 10.0. The highest BCUT2D eigenvalue weighted by Crippen LogP contribution is 2.24. The third-order valence-corrected chi connectivity index (χ3v) is 3.15. The first-order valence-corrected chi connectivity index (χ1v) is 7.72. The van der Waals surface area contributed by atoms with Crippen LogP contribution in [0.2, 0.25) is 5.02 Å². The standard InChI is InChI=1S/C16H24ClNO3/c1-4-14(21-15-9-6-5-8-13(15)17)16(19)18-10-7-11-20-12(2)3/h5-6,8-9,12,14H,4,7,10-11H2,1-3H3,(H,18,19)/t14-/m1/s1. The van der Waals surface area contributed by atoms with Gasteiger partial charge in [-0.05, 0) is 38.8 Å². The molecule has 0 aliphatic heterocycles. The average molecular weight is 314 g/mol. The first kappa shape index (κ1) is 17.8. The lowest BCUT2D eigenvalue weighted by molar-refractivity contribution is -0.128. The van der Waals surface area contributed by atoms with E-state index in [2.05, 4.69) is 5.32 Å². The predicted molar refractivity (Wildman–Crippen MR) is 84.9 cm³/mol. The molecule has 1 N–H and O–H groups in total. The molecule has 0 saturated carbocycles. The minimum absolute atomic E-state index is 0.123. The van der Waals surface area contributed by atoms with Gasteiger partial charge in [-0.2, -0.15) is 0 Å². The zero-order valence-electron chi connectivity index (χ0n) is 12.9. The van der Waals surface area contributed by atoms with Gasteiger partial charge in [-0.15, -0.1) is 0 Å².